The van der Waals surface area contributed by atoms with Crippen molar-refractivity contribution in [3.63, 3.8) is 0 Å². The molecule has 1 saturated heterocycles. The molecule has 0 aromatic carbocycles. The van der Waals surface area contributed by atoms with E-state index in [9.17, 15) is 13.2 Å². The first-order valence-electron chi connectivity index (χ1n) is 6.18. The lowest BCUT2D eigenvalue weighted by molar-refractivity contribution is -0.128. The van der Waals surface area contributed by atoms with Gasteiger partial charge in [-0.15, -0.1) is 0 Å². The van der Waals surface area contributed by atoms with Crippen LogP contribution in [0.25, 0.3) is 0 Å². The molecule has 0 aromatic rings. The monoisotopic (exact) mass is 277 g/mol. The molecule has 0 spiro atoms. The highest BCUT2D eigenvalue weighted by Crippen LogP contribution is 2.24. The van der Waals surface area contributed by atoms with Gasteiger partial charge in [0.25, 0.3) is 0 Å². The van der Waals surface area contributed by atoms with Gasteiger partial charge >= 0.3 is 0 Å². The van der Waals surface area contributed by atoms with Crippen molar-refractivity contribution in [2.24, 2.45) is 17.2 Å². The van der Waals surface area contributed by atoms with E-state index in [0.717, 1.165) is 12.8 Å². The summed E-state index contributed by atoms with van der Waals surface area (Å²) in [4.78, 5) is 11.5. The maximum Gasteiger partial charge on any atom is 0.240 e. The highest BCUT2D eigenvalue weighted by molar-refractivity contribution is 7.89. The van der Waals surface area contributed by atoms with Gasteiger partial charge in [-0.1, -0.05) is 6.92 Å². The van der Waals surface area contributed by atoms with E-state index in [2.05, 4.69) is 6.92 Å². The summed E-state index contributed by atoms with van der Waals surface area (Å²) in [5.41, 5.74) is 0.999. The lowest BCUT2D eigenvalue weighted by Gasteiger charge is -2.32. The summed E-state index contributed by atoms with van der Waals surface area (Å²) >= 11 is 0. The Morgan fingerprint density at radius 1 is 1.39 bits per heavy atom. The molecule has 0 aromatic heterocycles. The van der Waals surface area contributed by atoms with Crippen molar-refractivity contribution >= 4 is 15.9 Å². The second-order valence-electron chi connectivity index (χ2n) is 5.70. The predicted octanol–water partition coefficient (Wildman–Crippen LogP) is 0.0642. The third-order valence-corrected chi connectivity index (χ3v) is 5.66. The van der Waals surface area contributed by atoms with Crippen molar-refractivity contribution in [1.29, 1.82) is 0 Å². The number of nitrogens with one attached hydrogen (secondary N) is 1. The molecule has 7 heteroatoms. The number of sulfonamides is 1. The van der Waals surface area contributed by atoms with Crippen molar-refractivity contribution < 1.29 is 13.2 Å². The second kappa shape index (κ2) is 5.54. The third kappa shape index (κ3) is 3.66. The topological polar surface area (TPSA) is 92.5 Å². The number of carbonyl (C=O) groups is 1. The zero-order chi connectivity index (χ0) is 14.0. The molecule has 18 heavy (non-hydrogen) atoms. The zero-order valence-electron chi connectivity index (χ0n) is 11.3. The smallest absolute Gasteiger partial charge is 0.240 e. The van der Waals surface area contributed by atoms with Crippen LogP contribution in [0.3, 0.4) is 0 Å². The van der Waals surface area contributed by atoms with Crippen LogP contribution >= 0.6 is 0 Å². The Balaban J connectivity index is 2.73. The molecule has 0 unspecified atom stereocenters. The first-order valence-corrected chi connectivity index (χ1v) is 7.79. The summed E-state index contributed by atoms with van der Waals surface area (Å²) in [6.45, 7) is 6.38. The molecule has 1 aliphatic heterocycles. The third-order valence-electron chi connectivity index (χ3n) is 3.43. The van der Waals surface area contributed by atoms with E-state index in [1.54, 1.807) is 13.8 Å². The van der Waals surface area contributed by atoms with Crippen LogP contribution in [0.4, 0.5) is 0 Å². The number of amides is 1. The van der Waals surface area contributed by atoms with E-state index in [1.807, 2.05) is 5.43 Å². The van der Waals surface area contributed by atoms with E-state index in [-0.39, 0.29) is 5.75 Å². The number of nitrogens with two attached hydrogens (primary N) is 1. The minimum atomic E-state index is -3.40. The molecule has 1 fully saturated rings. The summed E-state index contributed by atoms with van der Waals surface area (Å²) in [5.74, 6) is 4.96. The quantitative estimate of drug-likeness (QED) is 0.432. The fourth-order valence-corrected chi connectivity index (χ4v) is 4.06. The molecule has 1 rings (SSSR count). The van der Waals surface area contributed by atoms with Gasteiger partial charge in [0.15, 0.2) is 0 Å². The van der Waals surface area contributed by atoms with Crippen LogP contribution in [0.15, 0.2) is 0 Å². The summed E-state index contributed by atoms with van der Waals surface area (Å²) < 4.78 is 26.0. The highest BCUT2D eigenvalue weighted by atomic mass is 32.2. The van der Waals surface area contributed by atoms with Crippen molar-refractivity contribution in [3.05, 3.63) is 0 Å². The second-order valence-corrected chi connectivity index (χ2v) is 7.66. The van der Waals surface area contributed by atoms with Gasteiger partial charge < -0.3 is 0 Å². The minimum absolute atomic E-state index is 0.211. The van der Waals surface area contributed by atoms with Gasteiger partial charge in [0.05, 0.1) is 11.2 Å². The summed E-state index contributed by atoms with van der Waals surface area (Å²) in [6.07, 6.45) is 1.76. The maximum absolute atomic E-state index is 12.2. The number of carbonyl (C=O) groups excluding carboxylic acids is 1. The van der Waals surface area contributed by atoms with Crippen LogP contribution in [0.2, 0.25) is 0 Å². The summed E-state index contributed by atoms with van der Waals surface area (Å²) in [6, 6.07) is 0. The zero-order valence-corrected chi connectivity index (χ0v) is 12.1. The fraction of sp³-hybridized carbons (Fsp3) is 0.909. The van der Waals surface area contributed by atoms with Gasteiger partial charge in [-0.05, 0) is 32.6 Å². The lowest BCUT2D eigenvalue weighted by Crippen LogP contribution is -2.48. The van der Waals surface area contributed by atoms with Gasteiger partial charge in [-0.2, -0.15) is 0 Å². The molecule has 0 aliphatic carbocycles. The Bertz CT molecular complexity index is 398. The minimum Gasteiger partial charge on any atom is -0.294 e. The van der Waals surface area contributed by atoms with Crippen molar-refractivity contribution in [3.8, 4) is 0 Å². The van der Waals surface area contributed by atoms with Crippen LogP contribution in [0, 0.1) is 11.3 Å². The van der Waals surface area contributed by atoms with Gasteiger partial charge in [0.1, 0.15) is 0 Å². The van der Waals surface area contributed by atoms with Crippen molar-refractivity contribution in [1.82, 2.24) is 9.73 Å². The van der Waals surface area contributed by atoms with Gasteiger partial charge in [0, 0.05) is 13.1 Å². The molecule has 1 amide bonds. The normalized spacial score (nSPS) is 19.8. The number of hydrazine groups is 1. The summed E-state index contributed by atoms with van der Waals surface area (Å²) in [5, 5.41) is 0. The Labute approximate surface area is 109 Å². The average Bonchev–Trinajstić information content (AvgIpc) is 2.27. The molecule has 0 saturated carbocycles. The van der Waals surface area contributed by atoms with Crippen LogP contribution < -0.4 is 11.3 Å². The first kappa shape index (κ1) is 15.4. The number of piperidine rings is 1. The summed E-state index contributed by atoms with van der Waals surface area (Å²) in [7, 11) is -3.40. The molecular formula is C11H23N3O3S. The lowest BCUT2D eigenvalue weighted by atomic mass is 9.96. The first-order chi connectivity index (χ1) is 8.19. The molecular weight excluding hydrogens is 254 g/mol. The number of nitrogens with zero attached hydrogens (tertiary/aromatic N) is 1. The number of rotatable bonds is 4. The van der Waals surface area contributed by atoms with E-state index in [0.29, 0.717) is 19.0 Å². The Morgan fingerprint density at radius 2 is 1.89 bits per heavy atom. The standard InChI is InChI=1S/C11H23N3O3S/c1-9-4-6-14(7-5-9)18(16,17)8-11(2,3)10(15)13-12/h9H,4-8,12H2,1-3H3,(H,13,15). The molecule has 3 N–H and O–H groups in total. The number of hydrogen-bond donors (Lipinski definition) is 2. The van der Waals surface area contributed by atoms with Gasteiger partial charge in [-0.3, -0.25) is 10.2 Å². The molecule has 0 bridgehead atoms. The largest absolute Gasteiger partial charge is 0.294 e. The van der Waals surface area contributed by atoms with E-state index < -0.39 is 21.3 Å². The van der Waals surface area contributed by atoms with Crippen LogP contribution in [0.1, 0.15) is 33.6 Å². The van der Waals surface area contributed by atoms with E-state index >= 15 is 0 Å². The average molecular weight is 277 g/mol. The van der Waals surface area contributed by atoms with Crippen molar-refractivity contribution in [2.45, 2.75) is 33.6 Å². The number of hydrogen-bond acceptors (Lipinski definition) is 4. The van der Waals surface area contributed by atoms with Crippen LogP contribution in [-0.2, 0) is 14.8 Å². The fourth-order valence-electron chi connectivity index (χ4n) is 2.07. The molecule has 6 nitrogen and oxygen atoms in total. The Kier molecular flexibility index (Phi) is 4.74. The molecule has 106 valence electrons. The Morgan fingerprint density at radius 3 is 2.33 bits per heavy atom. The van der Waals surface area contributed by atoms with E-state index in [1.165, 1.54) is 4.31 Å². The highest BCUT2D eigenvalue weighted by Gasteiger charge is 2.36. The molecule has 1 heterocycles. The van der Waals surface area contributed by atoms with Gasteiger partial charge in [0.2, 0.25) is 15.9 Å². The van der Waals surface area contributed by atoms with Gasteiger partial charge in [-0.25, -0.2) is 18.6 Å². The predicted molar refractivity (Wildman–Crippen MR) is 69.9 cm³/mol. The Hall–Kier alpha value is -0.660. The maximum atomic E-state index is 12.2. The molecule has 0 atom stereocenters. The van der Waals surface area contributed by atoms with Crippen LogP contribution in [-0.4, -0.2) is 37.5 Å². The van der Waals surface area contributed by atoms with E-state index in [4.69, 9.17) is 5.84 Å². The van der Waals surface area contributed by atoms with Crippen LogP contribution in [0.5, 0.6) is 0 Å². The molecule has 1 aliphatic rings. The van der Waals surface area contributed by atoms with Crippen molar-refractivity contribution in [2.75, 3.05) is 18.8 Å². The SMILES string of the molecule is CC1CCN(S(=O)(=O)CC(C)(C)C(=O)NN)CC1. The molecule has 0 radical (unpaired) electrons.